The van der Waals surface area contributed by atoms with Crippen LogP contribution in [0.25, 0.3) is 0 Å². The van der Waals surface area contributed by atoms with Crippen molar-refractivity contribution in [1.82, 2.24) is 15.2 Å². The second-order valence-electron chi connectivity index (χ2n) is 4.73. The van der Waals surface area contributed by atoms with Crippen LogP contribution in [0.3, 0.4) is 0 Å². The van der Waals surface area contributed by atoms with Crippen molar-refractivity contribution in [3.8, 4) is 0 Å². The van der Waals surface area contributed by atoms with E-state index in [1.807, 2.05) is 11.6 Å². The highest BCUT2D eigenvalue weighted by atomic mass is 79.9. The van der Waals surface area contributed by atoms with Gasteiger partial charge in [-0.2, -0.15) is 5.10 Å². The summed E-state index contributed by atoms with van der Waals surface area (Å²) in [6, 6.07) is 0.179. The third-order valence-electron chi connectivity index (χ3n) is 3.39. The number of nitrogens with zero attached hydrogens (tertiary/aromatic N) is 2. The van der Waals surface area contributed by atoms with Crippen LogP contribution in [0, 0.1) is 0 Å². The van der Waals surface area contributed by atoms with E-state index < -0.39 is 0 Å². The van der Waals surface area contributed by atoms with Crippen molar-refractivity contribution < 1.29 is 4.74 Å². The zero-order chi connectivity index (χ0) is 14.4. The molecule has 1 rings (SSSR count). The van der Waals surface area contributed by atoms with Gasteiger partial charge in [0.2, 0.25) is 0 Å². The Kier molecular flexibility index (Phi) is 6.99. The van der Waals surface area contributed by atoms with Crippen LogP contribution < -0.4 is 11.3 Å². The summed E-state index contributed by atoms with van der Waals surface area (Å²) in [7, 11) is 1.72. The van der Waals surface area contributed by atoms with Crippen molar-refractivity contribution in [2.75, 3.05) is 7.11 Å². The highest BCUT2D eigenvalue weighted by Crippen LogP contribution is 2.24. The maximum absolute atomic E-state index is 5.65. The SMILES string of the molecule is CCc1nn(CC)c(CC(CC(C)OC)NN)c1Br. The number of aromatic nitrogens is 2. The van der Waals surface area contributed by atoms with Crippen LogP contribution in [0.4, 0.5) is 0 Å². The van der Waals surface area contributed by atoms with Gasteiger partial charge in [-0.3, -0.25) is 16.0 Å². The third kappa shape index (κ3) is 4.27. The Morgan fingerprint density at radius 2 is 2.16 bits per heavy atom. The molecule has 2 unspecified atom stereocenters. The molecule has 0 aliphatic carbocycles. The molecule has 1 aromatic rings. The summed E-state index contributed by atoms with van der Waals surface area (Å²) < 4.78 is 8.46. The van der Waals surface area contributed by atoms with Crippen molar-refractivity contribution in [2.45, 2.75) is 58.7 Å². The summed E-state index contributed by atoms with van der Waals surface area (Å²) in [6.07, 6.45) is 2.82. The molecule has 3 N–H and O–H groups in total. The van der Waals surface area contributed by atoms with E-state index in [1.54, 1.807) is 7.11 Å². The zero-order valence-corrected chi connectivity index (χ0v) is 13.8. The summed E-state index contributed by atoms with van der Waals surface area (Å²) >= 11 is 3.66. The van der Waals surface area contributed by atoms with Crippen LogP contribution in [0.15, 0.2) is 4.47 Å². The number of hydrazine groups is 1. The van der Waals surface area contributed by atoms with Crippen LogP contribution in [-0.4, -0.2) is 29.0 Å². The molecule has 0 spiro atoms. The first kappa shape index (κ1) is 16.6. The van der Waals surface area contributed by atoms with Crippen molar-refractivity contribution >= 4 is 15.9 Å². The lowest BCUT2D eigenvalue weighted by molar-refractivity contribution is 0.100. The number of hydrogen-bond acceptors (Lipinski definition) is 4. The maximum atomic E-state index is 5.65. The lowest BCUT2D eigenvalue weighted by atomic mass is 10.0. The van der Waals surface area contributed by atoms with E-state index in [0.717, 1.165) is 36.0 Å². The van der Waals surface area contributed by atoms with Gasteiger partial charge in [-0.15, -0.1) is 0 Å². The Morgan fingerprint density at radius 3 is 2.63 bits per heavy atom. The Morgan fingerprint density at radius 1 is 1.47 bits per heavy atom. The number of methoxy groups -OCH3 is 1. The first-order valence-electron chi connectivity index (χ1n) is 6.80. The number of rotatable bonds is 8. The Hall–Kier alpha value is -0.430. The average molecular weight is 333 g/mol. The Balaban J connectivity index is 2.86. The molecule has 0 aliphatic rings. The lowest BCUT2D eigenvalue weighted by Crippen LogP contribution is -2.39. The smallest absolute Gasteiger partial charge is 0.0766 e. The predicted molar refractivity (Wildman–Crippen MR) is 80.9 cm³/mol. The molecule has 0 aromatic carbocycles. The van der Waals surface area contributed by atoms with Crippen LogP contribution in [0.1, 0.15) is 38.6 Å². The monoisotopic (exact) mass is 332 g/mol. The number of nitrogens with one attached hydrogen (secondary N) is 1. The van der Waals surface area contributed by atoms with E-state index in [9.17, 15) is 0 Å². The minimum absolute atomic E-state index is 0.179. The van der Waals surface area contributed by atoms with Gasteiger partial charge in [0.1, 0.15) is 0 Å². The van der Waals surface area contributed by atoms with Gasteiger partial charge in [0.25, 0.3) is 0 Å². The van der Waals surface area contributed by atoms with E-state index in [2.05, 4.69) is 40.3 Å². The first-order chi connectivity index (χ1) is 9.07. The summed E-state index contributed by atoms with van der Waals surface area (Å²) in [5, 5.41) is 4.60. The topological polar surface area (TPSA) is 65.1 Å². The molecule has 1 aromatic heterocycles. The summed E-state index contributed by atoms with van der Waals surface area (Å²) in [6.45, 7) is 7.13. The second kappa shape index (κ2) is 7.99. The number of aryl methyl sites for hydroxylation is 2. The van der Waals surface area contributed by atoms with Crippen molar-refractivity contribution in [1.29, 1.82) is 0 Å². The lowest BCUT2D eigenvalue weighted by Gasteiger charge is -2.20. The standard InChI is InChI=1S/C13H25BrN4O/c1-5-11-13(14)12(18(6-2)17-11)8-10(16-15)7-9(3)19-4/h9-10,16H,5-8,15H2,1-4H3. The van der Waals surface area contributed by atoms with Crippen LogP contribution in [-0.2, 0) is 24.1 Å². The van der Waals surface area contributed by atoms with E-state index in [0.29, 0.717) is 0 Å². The molecular formula is C13H25BrN4O. The molecule has 2 atom stereocenters. The largest absolute Gasteiger partial charge is 0.382 e. The fraction of sp³-hybridized carbons (Fsp3) is 0.769. The molecule has 1 heterocycles. The van der Waals surface area contributed by atoms with Gasteiger partial charge < -0.3 is 4.74 Å². The highest BCUT2D eigenvalue weighted by Gasteiger charge is 2.19. The number of hydrogen-bond donors (Lipinski definition) is 2. The average Bonchev–Trinajstić information content (AvgIpc) is 2.73. The van der Waals surface area contributed by atoms with E-state index >= 15 is 0 Å². The van der Waals surface area contributed by atoms with Gasteiger partial charge in [0.15, 0.2) is 0 Å². The summed E-state index contributed by atoms with van der Waals surface area (Å²) in [5.41, 5.74) is 5.18. The molecule has 110 valence electrons. The van der Waals surface area contributed by atoms with Gasteiger partial charge in [-0.05, 0) is 42.6 Å². The maximum Gasteiger partial charge on any atom is 0.0766 e. The molecule has 5 nitrogen and oxygen atoms in total. The van der Waals surface area contributed by atoms with Gasteiger partial charge in [-0.25, -0.2) is 0 Å². The molecule has 0 bridgehead atoms. The first-order valence-corrected chi connectivity index (χ1v) is 7.59. The second-order valence-corrected chi connectivity index (χ2v) is 5.52. The molecular weight excluding hydrogens is 308 g/mol. The Labute approximate surface area is 124 Å². The van der Waals surface area contributed by atoms with E-state index in [4.69, 9.17) is 10.6 Å². The predicted octanol–water partition coefficient (Wildman–Crippen LogP) is 2.03. The number of ether oxygens (including phenoxy) is 1. The van der Waals surface area contributed by atoms with E-state index in [1.165, 1.54) is 5.69 Å². The van der Waals surface area contributed by atoms with Gasteiger partial charge in [0.05, 0.1) is 22.0 Å². The quantitative estimate of drug-likeness (QED) is 0.564. The molecule has 0 fully saturated rings. The van der Waals surface area contributed by atoms with Crippen LogP contribution in [0.5, 0.6) is 0 Å². The molecule has 0 amide bonds. The zero-order valence-electron chi connectivity index (χ0n) is 12.2. The van der Waals surface area contributed by atoms with Gasteiger partial charge >= 0.3 is 0 Å². The molecule has 0 saturated carbocycles. The van der Waals surface area contributed by atoms with Gasteiger partial charge in [0, 0.05) is 26.1 Å². The fourth-order valence-electron chi connectivity index (χ4n) is 2.15. The molecule has 0 radical (unpaired) electrons. The van der Waals surface area contributed by atoms with Gasteiger partial charge in [-0.1, -0.05) is 6.92 Å². The van der Waals surface area contributed by atoms with Crippen molar-refractivity contribution in [3.63, 3.8) is 0 Å². The highest BCUT2D eigenvalue weighted by molar-refractivity contribution is 9.10. The molecule has 0 saturated heterocycles. The van der Waals surface area contributed by atoms with Crippen LogP contribution in [0.2, 0.25) is 0 Å². The van der Waals surface area contributed by atoms with Crippen molar-refractivity contribution in [2.24, 2.45) is 5.84 Å². The van der Waals surface area contributed by atoms with E-state index in [-0.39, 0.29) is 12.1 Å². The van der Waals surface area contributed by atoms with Crippen LogP contribution >= 0.6 is 15.9 Å². The summed E-state index contributed by atoms with van der Waals surface area (Å²) in [5.74, 6) is 5.65. The summed E-state index contributed by atoms with van der Waals surface area (Å²) in [4.78, 5) is 0. The number of nitrogens with two attached hydrogens (primary N) is 1. The minimum atomic E-state index is 0.179. The number of halogens is 1. The third-order valence-corrected chi connectivity index (χ3v) is 4.30. The minimum Gasteiger partial charge on any atom is -0.382 e. The molecule has 0 aliphatic heterocycles. The normalized spacial score (nSPS) is 14.6. The fourth-order valence-corrected chi connectivity index (χ4v) is 2.88. The molecule has 19 heavy (non-hydrogen) atoms. The Bertz CT molecular complexity index is 394. The molecule has 6 heteroatoms. The van der Waals surface area contributed by atoms with Crippen molar-refractivity contribution in [3.05, 3.63) is 15.9 Å².